The lowest BCUT2D eigenvalue weighted by Crippen LogP contribution is -2.30. The minimum atomic E-state index is -0.868. The lowest BCUT2D eigenvalue weighted by molar-refractivity contribution is 0.0946. The first kappa shape index (κ1) is 11.6. The topological polar surface area (TPSA) is 55.1 Å². The summed E-state index contributed by atoms with van der Waals surface area (Å²) in [5, 5.41) is 2.31. The minimum Gasteiger partial charge on any atom is -0.351 e. The summed E-state index contributed by atoms with van der Waals surface area (Å²) >= 11 is 0. The molecular formula is C10H12F2N2O. The van der Waals surface area contributed by atoms with Gasteiger partial charge in [-0.2, -0.15) is 0 Å². The molecule has 0 spiro atoms. The van der Waals surface area contributed by atoms with Crippen molar-refractivity contribution in [3.05, 3.63) is 34.9 Å². The van der Waals surface area contributed by atoms with E-state index in [1.54, 1.807) is 0 Å². The van der Waals surface area contributed by atoms with E-state index in [9.17, 15) is 13.6 Å². The van der Waals surface area contributed by atoms with Crippen LogP contribution >= 0.6 is 0 Å². The molecule has 5 heteroatoms. The van der Waals surface area contributed by atoms with Crippen molar-refractivity contribution >= 4 is 5.91 Å². The molecule has 0 saturated heterocycles. The van der Waals surface area contributed by atoms with Crippen molar-refractivity contribution in [2.24, 2.45) is 5.73 Å². The van der Waals surface area contributed by atoms with E-state index in [4.69, 9.17) is 5.73 Å². The highest BCUT2D eigenvalue weighted by molar-refractivity contribution is 5.94. The lowest BCUT2D eigenvalue weighted by Gasteiger charge is -2.07. The molecule has 0 heterocycles. The second-order valence-corrected chi connectivity index (χ2v) is 3.10. The van der Waals surface area contributed by atoms with Crippen molar-refractivity contribution in [1.29, 1.82) is 0 Å². The maximum Gasteiger partial charge on any atom is 0.257 e. The average molecular weight is 214 g/mol. The second-order valence-electron chi connectivity index (χ2n) is 3.10. The molecule has 15 heavy (non-hydrogen) atoms. The lowest BCUT2D eigenvalue weighted by atomic mass is 10.1. The second kappa shape index (κ2) is 4.84. The fourth-order valence-corrected chi connectivity index (χ4v) is 1.14. The van der Waals surface area contributed by atoms with Gasteiger partial charge in [0.1, 0.15) is 17.2 Å². The zero-order valence-corrected chi connectivity index (χ0v) is 8.31. The maximum atomic E-state index is 13.4. The van der Waals surface area contributed by atoms with E-state index in [0.717, 1.165) is 6.07 Å². The van der Waals surface area contributed by atoms with Gasteiger partial charge < -0.3 is 11.1 Å². The van der Waals surface area contributed by atoms with Gasteiger partial charge in [0.2, 0.25) is 0 Å². The van der Waals surface area contributed by atoms with E-state index in [0.29, 0.717) is 0 Å². The number of nitrogens with two attached hydrogens (primary N) is 1. The van der Waals surface area contributed by atoms with Crippen LogP contribution in [0.5, 0.6) is 0 Å². The molecule has 0 radical (unpaired) electrons. The average Bonchev–Trinajstić information content (AvgIpc) is 2.21. The molecule has 0 saturated carbocycles. The van der Waals surface area contributed by atoms with Crippen molar-refractivity contribution in [2.75, 3.05) is 13.1 Å². The SMILES string of the molecule is Cc1ccc(F)c(C(=O)NCCN)c1F. The highest BCUT2D eigenvalue weighted by atomic mass is 19.1. The molecule has 1 amide bonds. The Morgan fingerprint density at radius 3 is 2.73 bits per heavy atom. The Balaban J connectivity index is 3.02. The van der Waals surface area contributed by atoms with E-state index < -0.39 is 23.1 Å². The molecule has 1 aromatic carbocycles. The molecule has 0 aromatic heterocycles. The van der Waals surface area contributed by atoms with Crippen LogP contribution in [-0.2, 0) is 0 Å². The summed E-state index contributed by atoms with van der Waals surface area (Å²) in [6, 6.07) is 2.35. The van der Waals surface area contributed by atoms with Gasteiger partial charge >= 0.3 is 0 Å². The molecule has 82 valence electrons. The van der Waals surface area contributed by atoms with Gasteiger partial charge in [0.05, 0.1) is 0 Å². The van der Waals surface area contributed by atoms with Crippen LogP contribution in [0.4, 0.5) is 8.78 Å². The summed E-state index contributed by atoms with van der Waals surface area (Å²) < 4.78 is 26.6. The van der Waals surface area contributed by atoms with Gasteiger partial charge in [0, 0.05) is 13.1 Å². The summed E-state index contributed by atoms with van der Waals surface area (Å²) in [6.07, 6.45) is 0. The molecule has 1 rings (SSSR count). The Kier molecular flexibility index (Phi) is 3.74. The molecule has 0 unspecified atom stereocenters. The summed E-state index contributed by atoms with van der Waals surface area (Å²) in [5.74, 6) is -2.48. The Morgan fingerprint density at radius 1 is 1.47 bits per heavy atom. The number of halogens is 2. The van der Waals surface area contributed by atoms with Crippen molar-refractivity contribution in [3.63, 3.8) is 0 Å². The monoisotopic (exact) mass is 214 g/mol. The van der Waals surface area contributed by atoms with Crippen LogP contribution in [0.15, 0.2) is 12.1 Å². The normalized spacial score (nSPS) is 10.1. The van der Waals surface area contributed by atoms with E-state index in [-0.39, 0.29) is 18.7 Å². The molecule has 3 nitrogen and oxygen atoms in total. The standard InChI is InChI=1S/C10H12F2N2O/c1-6-2-3-7(11)8(9(6)12)10(15)14-5-4-13/h2-3H,4-5,13H2,1H3,(H,14,15). The molecule has 0 aliphatic carbocycles. The smallest absolute Gasteiger partial charge is 0.257 e. The first-order valence-corrected chi connectivity index (χ1v) is 4.50. The number of benzene rings is 1. The number of rotatable bonds is 3. The predicted molar refractivity (Wildman–Crippen MR) is 52.5 cm³/mol. The Bertz CT molecular complexity index is 380. The van der Waals surface area contributed by atoms with Crippen LogP contribution in [0.3, 0.4) is 0 Å². The van der Waals surface area contributed by atoms with Gasteiger partial charge in [0.25, 0.3) is 5.91 Å². The first-order valence-electron chi connectivity index (χ1n) is 4.50. The Morgan fingerprint density at radius 2 is 2.13 bits per heavy atom. The van der Waals surface area contributed by atoms with E-state index in [1.165, 1.54) is 13.0 Å². The van der Waals surface area contributed by atoms with Crippen LogP contribution in [0, 0.1) is 18.6 Å². The van der Waals surface area contributed by atoms with E-state index >= 15 is 0 Å². The van der Waals surface area contributed by atoms with Crippen LogP contribution in [0.1, 0.15) is 15.9 Å². The van der Waals surface area contributed by atoms with Crippen molar-refractivity contribution in [2.45, 2.75) is 6.92 Å². The fourth-order valence-electron chi connectivity index (χ4n) is 1.14. The zero-order valence-electron chi connectivity index (χ0n) is 8.31. The van der Waals surface area contributed by atoms with Crippen LogP contribution in [0.2, 0.25) is 0 Å². The third-order valence-electron chi connectivity index (χ3n) is 1.94. The Hall–Kier alpha value is -1.49. The van der Waals surface area contributed by atoms with Crippen LogP contribution in [-0.4, -0.2) is 19.0 Å². The quantitative estimate of drug-likeness (QED) is 0.787. The summed E-state index contributed by atoms with van der Waals surface area (Å²) in [5.41, 5.74) is 4.84. The molecule has 0 aliphatic heterocycles. The molecule has 0 fully saturated rings. The highest BCUT2D eigenvalue weighted by Crippen LogP contribution is 2.15. The third-order valence-corrected chi connectivity index (χ3v) is 1.94. The molecule has 1 aromatic rings. The Labute approximate surface area is 86.3 Å². The number of carbonyl (C=O) groups excluding carboxylic acids is 1. The van der Waals surface area contributed by atoms with Crippen molar-refractivity contribution in [1.82, 2.24) is 5.32 Å². The fraction of sp³-hybridized carbons (Fsp3) is 0.300. The summed E-state index contributed by atoms with van der Waals surface area (Å²) in [6.45, 7) is 1.88. The largest absolute Gasteiger partial charge is 0.351 e. The van der Waals surface area contributed by atoms with E-state index in [2.05, 4.69) is 5.32 Å². The van der Waals surface area contributed by atoms with Crippen LogP contribution < -0.4 is 11.1 Å². The summed E-state index contributed by atoms with van der Waals surface area (Å²) in [7, 11) is 0. The molecular weight excluding hydrogens is 202 g/mol. The highest BCUT2D eigenvalue weighted by Gasteiger charge is 2.18. The minimum absolute atomic E-state index is 0.186. The molecule has 0 aliphatic rings. The molecule has 0 atom stereocenters. The van der Waals surface area contributed by atoms with Crippen molar-refractivity contribution in [3.8, 4) is 0 Å². The van der Waals surface area contributed by atoms with E-state index in [1.807, 2.05) is 0 Å². The third kappa shape index (κ3) is 2.50. The van der Waals surface area contributed by atoms with Gasteiger partial charge in [-0.25, -0.2) is 8.78 Å². The van der Waals surface area contributed by atoms with Gasteiger partial charge in [-0.05, 0) is 18.6 Å². The predicted octanol–water partition coefficient (Wildman–Crippen LogP) is 0.962. The van der Waals surface area contributed by atoms with Gasteiger partial charge in [-0.15, -0.1) is 0 Å². The number of amides is 1. The van der Waals surface area contributed by atoms with Gasteiger partial charge in [-0.3, -0.25) is 4.79 Å². The van der Waals surface area contributed by atoms with Gasteiger partial charge in [0.15, 0.2) is 0 Å². The molecule has 3 N–H and O–H groups in total. The van der Waals surface area contributed by atoms with Gasteiger partial charge in [-0.1, -0.05) is 6.07 Å². The number of carbonyl (C=O) groups is 1. The number of aryl methyl sites for hydroxylation is 1. The number of hydrogen-bond donors (Lipinski definition) is 2. The number of hydrogen-bond acceptors (Lipinski definition) is 2. The zero-order chi connectivity index (χ0) is 11.4. The maximum absolute atomic E-state index is 13.4. The molecule has 0 bridgehead atoms. The van der Waals surface area contributed by atoms with Crippen LogP contribution in [0.25, 0.3) is 0 Å². The first-order chi connectivity index (χ1) is 7.07. The summed E-state index contributed by atoms with van der Waals surface area (Å²) in [4.78, 5) is 11.4. The van der Waals surface area contributed by atoms with Crippen molar-refractivity contribution < 1.29 is 13.6 Å². The number of nitrogens with one attached hydrogen (secondary N) is 1.